The number of anilines is 1. The summed E-state index contributed by atoms with van der Waals surface area (Å²) in [5, 5.41) is 5.78. The molecule has 21 heavy (non-hydrogen) atoms. The molecule has 2 rings (SSSR count). The lowest BCUT2D eigenvalue weighted by atomic mass is 10.2. The second kappa shape index (κ2) is 7.40. The van der Waals surface area contributed by atoms with Crippen molar-refractivity contribution in [3.05, 3.63) is 11.1 Å². The number of nitrogens with zero attached hydrogens (tertiary/aromatic N) is 3. The average molecular weight is 310 g/mol. The molecule has 1 saturated heterocycles. The van der Waals surface area contributed by atoms with Gasteiger partial charge in [-0.2, -0.15) is 0 Å². The molecule has 2 heterocycles. The van der Waals surface area contributed by atoms with Crippen LogP contribution in [0.25, 0.3) is 0 Å². The highest BCUT2D eigenvalue weighted by Gasteiger charge is 2.22. The highest BCUT2D eigenvalue weighted by Crippen LogP contribution is 2.21. The molecular formula is C14H22N4O2S. The van der Waals surface area contributed by atoms with E-state index in [4.69, 9.17) is 0 Å². The third-order valence-electron chi connectivity index (χ3n) is 3.45. The quantitative estimate of drug-likeness (QED) is 0.882. The molecule has 1 aliphatic rings. The summed E-state index contributed by atoms with van der Waals surface area (Å²) in [7, 11) is 0. The number of aromatic nitrogens is 1. The van der Waals surface area contributed by atoms with Gasteiger partial charge >= 0.3 is 0 Å². The number of carbonyl (C=O) groups is 2. The minimum atomic E-state index is -0.0530. The predicted octanol–water partition coefficient (Wildman–Crippen LogP) is 1.02. The molecule has 1 aromatic heterocycles. The SMILES string of the molecule is CCNC(=O)CCC(=O)N1CCN(c2nc(C)cs2)CC1. The molecule has 2 amide bonds. The zero-order valence-corrected chi connectivity index (χ0v) is 13.4. The number of thiazole rings is 1. The number of amides is 2. The van der Waals surface area contributed by atoms with Crippen molar-refractivity contribution in [3.8, 4) is 0 Å². The summed E-state index contributed by atoms with van der Waals surface area (Å²) in [4.78, 5) is 32.0. The van der Waals surface area contributed by atoms with E-state index in [1.165, 1.54) is 0 Å². The predicted molar refractivity (Wildman–Crippen MR) is 83.6 cm³/mol. The third-order valence-corrected chi connectivity index (χ3v) is 4.47. The fraction of sp³-hybridized carbons (Fsp3) is 0.643. The van der Waals surface area contributed by atoms with Gasteiger partial charge in [0.05, 0.1) is 5.69 Å². The molecule has 0 atom stereocenters. The summed E-state index contributed by atoms with van der Waals surface area (Å²) in [5.74, 6) is 0.0129. The van der Waals surface area contributed by atoms with Crippen molar-refractivity contribution in [2.75, 3.05) is 37.6 Å². The summed E-state index contributed by atoms with van der Waals surface area (Å²) in [6.45, 7) is 7.48. The number of hydrogen-bond donors (Lipinski definition) is 1. The number of rotatable bonds is 5. The van der Waals surface area contributed by atoms with Crippen molar-refractivity contribution in [2.24, 2.45) is 0 Å². The maximum Gasteiger partial charge on any atom is 0.223 e. The van der Waals surface area contributed by atoms with Crippen LogP contribution in [0.2, 0.25) is 0 Å². The van der Waals surface area contributed by atoms with Gasteiger partial charge in [0.1, 0.15) is 0 Å². The molecule has 6 nitrogen and oxygen atoms in total. The fourth-order valence-electron chi connectivity index (χ4n) is 2.30. The van der Waals surface area contributed by atoms with Crippen LogP contribution in [-0.2, 0) is 9.59 Å². The first kappa shape index (κ1) is 15.8. The summed E-state index contributed by atoms with van der Waals surface area (Å²) in [5.41, 5.74) is 1.04. The van der Waals surface area contributed by atoms with Crippen LogP contribution in [-0.4, -0.2) is 54.4 Å². The Morgan fingerprint density at radius 2 is 2.00 bits per heavy atom. The van der Waals surface area contributed by atoms with Crippen molar-refractivity contribution < 1.29 is 9.59 Å². The van der Waals surface area contributed by atoms with E-state index in [0.717, 1.165) is 23.9 Å². The van der Waals surface area contributed by atoms with Crippen LogP contribution in [0, 0.1) is 6.92 Å². The van der Waals surface area contributed by atoms with Crippen molar-refractivity contribution >= 4 is 28.3 Å². The van der Waals surface area contributed by atoms with E-state index in [9.17, 15) is 9.59 Å². The van der Waals surface area contributed by atoms with E-state index in [1.807, 2.05) is 24.1 Å². The van der Waals surface area contributed by atoms with Crippen LogP contribution in [0.1, 0.15) is 25.5 Å². The molecular weight excluding hydrogens is 288 g/mol. The average Bonchev–Trinajstić information content (AvgIpc) is 2.92. The topological polar surface area (TPSA) is 65.5 Å². The largest absolute Gasteiger partial charge is 0.356 e. The molecule has 1 fully saturated rings. The van der Waals surface area contributed by atoms with Gasteiger partial charge in [0.25, 0.3) is 0 Å². The Kier molecular flexibility index (Phi) is 5.55. The normalized spacial score (nSPS) is 15.1. The second-order valence-electron chi connectivity index (χ2n) is 5.09. The van der Waals surface area contributed by atoms with Gasteiger partial charge in [0.2, 0.25) is 11.8 Å². The molecule has 116 valence electrons. The highest BCUT2D eigenvalue weighted by molar-refractivity contribution is 7.13. The molecule has 1 N–H and O–H groups in total. The zero-order chi connectivity index (χ0) is 15.2. The molecule has 0 unspecified atom stereocenters. The van der Waals surface area contributed by atoms with Crippen molar-refractivity contribution in [2.45, 2.75) is 26.7 Å². The lowest BCUT2D eigenvalue weighted by molar-refractivity contribution is -0.133. The lowest BCUT2D eigenvalue weighted by Gasteiger charge is -2.34. The lowest BCUT2D eigenvalue weighted by Crippen LogP contribution is -2.49. The van der Waals surface area contributed by atoms with Gasteiger partial charge in [0, 0.05) is 50.9 Å². The molecule has 1 aliphatic heterocycles. The van der Waals surface area contributed by atoms with Crippen LogP contribution in [0.15, 0.2) is 5.38 Å². The Morgan fingerprint density at radius 3 is 2.57 bits per heavy atom. The number of nitrogens with one attached hydrogen (secondary N) is 1. The van der Waals surface area contributed by atoms with Gasteiger partial charge in [-0.15, -0.1) is 11.3 Å². The van der Waals surface area contributed by atoms with E-state index >= 15 is 0 Å². The highest BCUT2D eigenvalue weighted by atomic mass is 32.1. The van der Waals surface area contributed by atoms with Crippen LogP contribution in [0.3, 0.4) is 0 Å². The van der Waals surface area contributed by atoms with Crippen LogP contribution >= 0.6 is 11.3 Å². The first-order valence-electron chi connectivity index (χ1n) is 7.31. The molecule has 0 aliphatic carbocycles. The molecule has 0 spiro atoms. The Hall–Kier alpha value is -1.63. The van der Waals surface area contributed by atoms with Gasteiger partial charge in [0.15, 0.2) is 5.13 Å². The smallest absolute Gasteiger partial charge is 0.223 e. The third kappa shape index (κ3) is 4.42. The minimum Gasteiger partial charge on any atom is -0.356 e. The summed E-state index contributed by atoms with van der Waals surface area (Å²) in [6.07, 6.45) is 0.570. The molecule has 0 saturated carbocycles. The Balaban J connectivity index is 1.75. The van der Waals surface area contributed by atoms with Gasteiger partial charge in [-0.3, -0.25) is 9.59 Å². The van der Waals surface area contributed by atoms with Crippen LogP contribution < -0.4 is 10.2 Å². The van der Waals surface area contributed by atoms with Crippen molar-refractivity contribution in [1.29, 1.82) is 0 Å². The van der Waals surface area contributed by atoms with E-state index in [-0.39, 0.29) is 18.2 Å². The number of hydrogen-bond acceptors (Lipinski definition) is 5. The first-order chi connectivity index (χ1) is 10.1. The summed E-state index contributed by atoms with van der Waals surface area (Å²) < 4.78 is 0. The van der Waals surface area contributed by atoms with Crippen LogP contribution in [0.4, 0.5) is 5.13 Å². The molecule has 0 aromatic carbocycles. The molecule has 7 heteroatoms. The number of aryl methyl sites for hydroxylation is 1. The summed E-state index contributed by atoms with van der Waals surface area (Å²) >= 11 is 1.64. The maximum atomic E-state index is 12.1. The zero-order valence-electron chi connectivity index (χ0n) is 12.6. The first-order valence-corrected chi connectivity index (χ1v) is 8.19. The van der Waals surface area contributed by atoms with Crippen molar-refractivity contribution in [1.82, 2.24) is 15.2 Å². The fourth-order valence-corrected chi connectivity index (χ4v) is 3.16. The number of carbonyl (C=O) groups excluding carboxylic acids is 2. The van der Waals surface area contributed by atoms with Gasteiger partial charge in [-0.25, -0.2) is 4.98 Å². The molecule has 0 bridgehead atoms. The minimum absolute atomic E-state index is 0.0530. The Bertz CT molecular complexity index is 495. The molecule has 0 radical (unpaired) electrons. The van der Waals surface area contributed by atoms with Gasteiger partial charge < -0.3 is 15.1 Å². The maximum absolute atomic E-state index is 12.1. The summed E-state index contributed by atoms with van der Waals surface area (Å²) in [6, 6.07) is 0. The van der Waals surface area contributed by atoms with E-state index < -0.39 is 0 Å². The van der Waals surface area contributed by atoms with Crippen LogP contribution in [0.5, 0.6) is 0 Å². The Morgan fingerprint density at radius 1 is 1.29 bits per heavy atom. The Labute approximate surface area is 129 Å². The standard InChI is InChI=1S/C14H22N4O2S/c1-3-15-12(19)4-5-13(20)17-6-8-18(9-7-17)14-16-11(2)10-21-14/h10H,3-9H2,1-2H3,(H,15,19). The molecule has 1 aromatic rings. The number of piperazine rings is 1. The van der Waals surface area contributed by atoms with E-state index in [0.29, 0.717) is 26.1 Å². The van der Waals surface area contributed by atoms with E-state index in [2.05, 4.69) is 15.2 Å². The van der Waals surface area contributed by atoms with Gasteiger partial charge in [-0.05, 0) is 13.8 Å². The van der Waals surface area contributed by atoms with E-state index in [1.54, 1.807) is 11.3 Å². The van der Waals surface area contributed by atoms with Crippen molar-refractivity contribution in [3.63, 3.8) is 0 Å². The second-order valence-corrected chi connectivity index (χ2v) is 5.93. The van der Waals surface area contributed by atoms with Gasteiger partial charge in [-0.1, -0.05) is 0 Å². The monoisotopic (exact) mass is 310 g/mol.